The standard InChI is InChI=1S/C13H16N4O2/c1-3-15-12-8-14-5-4-11(12)13(18)16-7-10-6-9(2)17-19-10/h4-6,8,15H,3,7H2,1-2H3,(H,16,18). The van der Waals surface area contributed by atoms with Crippen molar-refractivity contribution in [3.63, 3.8) is 0 Å². The first-order valence-corrected chi connectivity index (χ1v) is 6.09. The summed E-state index contributed by atoms with van der Waals surface area (Å²) >= 11 is 0. The molecule has 0 spiro atoms. The fraction of sp³-hybridized carbons (Fsp3) is 0.308. The zero-order valence-corrected chi connectivity index (χ0v) is 10.9. The van der Waals surface area contributed by atoms with Gasteiger partial charge in [-0.05, 0) is 19.9 Å². The first kappa shape index (κ1) is 13.1. The van der Waals surface area contributed by atoms with Crippen LogP contribution >= 0.6 is 0 Å². The number of pyridine rings is 1. The van der Waals surface area contributed by atoms with Crippen LogP contribution in [-0.4, -0.2) is 22.6 Å². The molecule has 100 valence electrons. The lowest BCUT2D eigenvalue weighted by molar-refractivity contribution is 0.0948. The van der Waals surface area contributed by atoms with Gasteiger partial charge in [0.05, 0.1) is 29.7 Å². The van der Waals surface area contributed by atoms with Crippen LogP contribution in [0.25, 0.3) is 0 Å². The molecule has 0 saturated carbocycles. The van der Waals surface area contributed by atoms with Gasteiger partial charge in [-0.3, -0.25) is 9.78 Å². The van der Waals surface area contributed by atoms with E-state index in [1.54, 1.807) is 24.5 Å². The summed E-state index contributed by atoms with van der Waals surface area (Å²) in [5, 5.41) is 9.65. The van der Waals surface area contributed by atoms with E-state index < -0.39 is 0 Å². The van der Waals surface area contributed by atoms with Crippen molar-refractivity contribution in [2.75, 3.05) is 11.9 Å². The number of anilines is 1. The topological polar surface area (TPSA) is 80.0 Å². The molecule has 1 amide bonds. The smallest absolute Gasteiger partial charge is 0.253 e. The first-order chi connectivity index (χ1) is 9.20. The molecule has 6 heteroatoms. The van der Waals surface area contributed by atoms with Gasteiger partial charge in [0, 0.05) is 18.8 Å². The van der Waals surface area contributed by atoms with E-state index in [9.17, 15) is 4.79 Å². The number of nitrogens with zero attached hydrogens (tertiary/aromatic N) is 2. The van der Waals surface area contributed by atoms with Crippen LogP contribution in [0.3, 0.4) is 0 Å². The van der Waals surface area contributed by atoms with Crippen molar-refractivity contribution < 1.29 is 9.32 Å². The molecule has 0 bridgehead atoms. The number of hydrogen-bond acceptors (Lipinski definition) is 5. The Kier molecular flexibility index (Phi) is 4.12. The number of aromatic nitrogens is 2. The molecule has 0 radical (unpaired) electrons. The van der Waals surface area contributed by atoms with Crippen LogP contribution in [0.4, 0.5) is 5.69 Å². The molecule has 2 heterocycles. The van der Waals surface area contributed by atoms with Crippen molar-refractivity contribution >= 4 is 11.6 Å². The minimum atomic E-state index is -0.174. The number of hydrogen-bond donors (Lipinski definition) is 2. The van der Waals surface area contributed by atoms with Gasteiger partial charge in [-0.25, -0.2) is 0 Å². The van der Waals surface area contributed by atoms with E-state index in [4.69, 9.17) is 4.52 Å². The highest BCUT2D eigenvalue weighted by Gasteiger charge is 2.11. The summed E-state index contributed by atoms with van der Waals surface area (Å²) in [7, 11) is 0. The molecule has 0 atom stereocenters. The van der Waals surface area contributed by atoms with Crippen molar-refractivity contribution in [2.45, 2.75) is 20.4 Å². The lowest BCUT2D eigenvalue weighted by atomic mass is 10.2. The number of carbonyl (C=O) groups is 1. The molecule has 2 aromatic heterocycles. The lowest BCUT2D eigenvalue weighted by Gasteiger charge is -2.09. The second kappa shape index (κ2) is 5.99. The maximum Gasteiger partial charge on any atom is 0.253 e. The Hall–Kier alpha value is -2.37. The fourth-order valence-corrected chi connectivity index (χ4v) is 1.69. The van der Waals surface area contributed by atoms with Gasteiger partial charge in [0.1, 0.15) is 0 Å². The van der Waals surface area contributed by atoms with Gasteiger partial charge in [-0.1, -0.05) is 5.16 Å². The number of nitrogens with one attached hydrogen (secondary N) is 2. The minimum absolute atomic E-state index is 0.174. The summed E-state index contributed by atoms with van der Waals surface area (Å²) in [5.74, 6) is 0.456. The third-order valence-electron chi connectivity index (χ3n) is 2.53. The molecule has 0 fully saturated rings. The third-order valence-corrected chi connectivity index (χ3v) is 2.53. The molecular weight excluding hydrogens is 244 g/mol. The Balaban J connectivity index is 2.03. The molecule has 0 saturated heterocycles. The molecule has 0 aliphatic rings. The molecule has 19 heavy (non-hydrogen) atoms. The van der Waals surface area contributed by atoms with Crippen molar-refractivity contribution in [1.29, 1.82) is 0 Å². The Morgan fingerprint density at radius 2 is 2.32 bits per heavy atom. The number of aryl methyl sites for hydroxylation is 1. The second-order valence-corrected chi connectivity index (χ2v) is 4.07. The summed E-state index contributed by atoms with van der Waals surface area (Å²) < 4.78 is 5.04. The van der Waals surface area contributed by atoms with E-state index in [-0.39, 0.29) is 5.91 Å². The molecule has 2 N–H and O–H groups in total. The van der Waals surface area contributed by atoms with Gasteiger partial charge >= 0.3 is 0 Å². The Bertz CT molecular complexity index is 565. The summed E-state index contributed by atoms with van der Waals surface area (Å²) in [4.78, 5) is 16.1. The van der Waals surface area contributed by atoms with E-state index in [2.05, 4.69) is 20.8 Å². The van der Waals surface area contributed by atoms with Gasteiger partial charge in [0.25, 0.3) is 5.91 Å². The van der Waals surface area contributed by atoms with Crippen LogP contribution in [0.15, 0.2) is 29.0 Å². The van der Waals surface area contributed by atoms with Gasteiger partial charge in [-0.15, -0.1) is 0 Å². The van der Waals surface area contributed by atoms with Crippen molar-refractivity contribution in [3.8, 4) is 0 Å². The predicted octanol–water partition coefficient (Wildman–Crippen LogP) is 1.74. The third kappa shape index (κ3) is 3.31. The van der Waals surface area contributed by atoms with E-state index in [1.807, 2.05) is 13.8 Å². The van der Waals surface area contributed by atoms with Gasteiger partial charge in [0.2, 0.25) is 0 Å². The molecule has 2 aromatic rings. The van der Waals surface area contributed by atoms with Gasteiger partial charge in [0.15, 0.2) is 5.76 Å². The van der Waals surface area contributed by atoms with Crippen molar-refractivity contribution in [1.82, 2.24) is 15.5 Å². The lowest BCUT2D eigenvalue weighted by Crippen LogP contribution is -2.23. The molecule has 2 rings (SSSR count). The largest absolute Gasteiger partial charge is 0.383 e. The van der Waals surface area contributed by atoms with Crippen LogP contribution in [0.5, 0.6) is 0 Å². The molecular formula is C13H16N4O2. The molecule has 0 aliphatic heterocycles. The fourth-order valence-electron chi connectivity index (χ4n) is 1.69. The normalized spacial score (nSPS) is 10.2. The Morgan fingerprint density at radius 1 is 1.47 bits per heavy atom. The second-order valence-electron chi connectivity index (χ2n) is 4.07. The summed E-state index contributed by atoms with van der Waals surface area (Å²) in [6.45, 7) is 4.84. The average molecular weight is 260 g/mol. The van der Waals surface area contributed by atoms with Crippen LogP contribution in [0.2, 0.25) is 0 Å². The van der Waals surface area contributed by atoms with Crippen LogP contribution in [0, 0.1) is 6.92 Å². The zero-order chi connectivity index (χ0) is 13.7. The summed E-state index contributed by atoms with van der Waals surface area (Å²) in [5.41, 5.74) is 2.07. The van der Waals surface area contributed by atoms with E-state index >= 15 is 0 Å². The highest BCUT2D eigenvalue weighted by atomic mass is 16.5. The minimum Gasteiger partial charge on any atom is -0.383 e. The summed E-state index contributed by atoms with van der Waals surface area (Å²) in [6, 6.07) is 3.47. The molecule has 0 aliphatic carbocycles. The highest BCUT2D eigenvalue weighted by Crippen LogP contribution is 2.13. The predicted molar refractivity (Wildman–Crippen MR) is 70.8 cm³/mol. The van der Waals surface area contributed by atoms with E-state index in [0.29, 0.717) is 17.9 Å². The molecule has 0 unspecified atom stereocenters. The van der Waals surface area contributed by atoms with Gasteiger partial charge < -0.3 is 15.2 Å². The average Bonchev–Trinajstić information content (AvgIpc) is 2.83. The SMILES string of the molecule is CCNc1cnccc1C(=O)NCc1cc(C)no1. The number of amides is 1. The van der Waals surface area contributed by atoms with Crippen molar-refractivity contribution in [3.05, 3.63) is 41.5 Å². The maximum atomic E-state index is 12.1. The molecule has 6 nitrogen and oxygen atoms in total. The Labute approximate surface area is 111 Å². The number of carbonyl (C=O) groups excluding carboxylic acids is 1. The van der Waals surface area contributed by atoms with Gasteiger partial charge in [-0.2, -0.15) is 0 Å². The van der Waals surface area contributed by atoms with Crippen LogP contribution in [0.1, 0.15) is 28.7 Å². The van der Waals surface area contributed by atoms with Crippen LogP contribution < -0.4 is 10.6 Å². The monoisotopic (exact) mass is 260 g/mol. The zero-order valence-electron chi connectivity index (χ0n) is 10.9. The molecule has 0 aromatic carbocycles. The first-order valence-electron chi connectivity index (χ1n) is 6.09. The maximum absolute atomic E-state index is 12.1. The summed E-state index contributed by atoms with van der Waals surface area (Å²) in [6.07, 6.45) is 3.23. The van der Waals surface area contributed by atoms with E-state index in [0.717, 1.165) is 17.9 Å². The van der Waals surface area contributed by atoms with E-state index in [1.165, 1.54) is 0 Å². The van der Waals surface area contributed by atoms with Crippen LogP contribution in [-0.2, 0) is 6.54 Å². The van der Waals surface area contributed by atoms with Crippen molar-refractivity contribution in [2.24, 2.45) is 0 Å². The highest BCUT2D eigenvalue weighted by molar-refractivity contribution is 5.99. The number of rotatable bonds is 5. The quantitative estimate of drug-likeness (QED) is 0.856. The Morgan fingerprint density at radius 3 is 3.00 bits per heavy atom.